The second-order valence-corrected chi connectivity index (χ2v) is 7.26. The molecule has 0 saturated carbocycles. The molecule has 0 bridgehead atoms. The minimum absolute atomic E-state index is 0.103. The van der Waals surface area contributed by atoms with E-state index < -0.39 is 0 Å². The summed E-state index contributed by atoms with van der Waals surface area (Å²) in [6.45, 7) is 1.58. The molecule has 1 fully saturated rings. The van der Waals surface area contributed by atoms with Gasteiger partial charge in [0.1, 0.15) is 11.9 Å². The molecule has 4 heterocycles. The fourth-order valence-electron chi connectivity index (χ4n) is 3.32. The number of benzene rings is 1. The van der Waals surface area contributed by atoms with E-state index >= 15 is 0 Å². The van der Waals surface area contributed by atoms with Crippen LogP contribution in [0, 0.1) is 0 Å². The lowest BCUT2D eigenvalue weighted by Gasteiger charge is -2.27. The fraction of sp³-hybridized carbons (Fsp3) is 0.182. The molecule has 1 amide bonds. The van der Waals surface area contributed by atoms with Gasteiger partial charge in [-0.25, -0.2) is 15.0 Å². The van der Waals surface area contributed by atoms with Crippen LogP contribution in [0.2, 0.25) is 0 Å². The quantitative estimate of drug-likeness (QED) is 0.535. The van der Waals surface area contributed by atoms with Crippen molar-refractivity contribution >= 4 is 22.5 Å². The third-order valence-electron chi connectivity index (χ3n) is 5.10. The van der Waals surface area contributed by atoms with Gasteiger partial charge in [-0.15, -0.1) is 0 Å². The highest BCUT2D eigenvalue weighted by Gasteiger charge is 2.19. The first-order valence-corrected chi connectivity index (χ1v) is 9.67. The Hall–Kier alpha value is -3.78. The second kappa shape index (κ2) is 7.57. The van der Waals surface area contributed by atoms with E-state index in [0.717, 1.165) is 35.1 Å². The van der Waals surface area contributed by atoms with Crippen LogP contribution in [0.5, 0.6) is 5.88 Å². The van der Waals surface area contributed by atoms with Gasteiger partial charge in [-0.3, -0.25) is 4.79 Å². The zero-order valence-electron chi connectivity index (χ0n) is 16.4. The minimum Gasteiger partial charge on any atom is -0.472 e. The van der Waals surface area contributed by atoms with Crippen molar-refractivity contribution in [1.29, 1.82) is 0 Å². The molecule has 0 spiro atoms. The van der Waals surface area contributed by atoms with Gasteiger partial charge in [0.05, 0.1) is 18.2 Å². The van der Waals surface area contributed by atoms with Crippen molar-refractivity contribution in [1.82, 2.24) is 24.8 Å². The highest BCUT2D eigenvalue weighted by atomic mass is 16.5. The van der Waals surface area contributed by atoms with E-state index in [4.69, 9.17) is 4.74 Å². The molecule has 8 nitrogen and oxygen atoms in total. The molecule has 1 saturated heterocycles. The first-order chi connectivity index (χ1) is 14.7. The standard InChI is InChI=1S/C22H20N6O2/c1-28-13-24-12-19(28)14-2-3-16-9-26-20(7-17(16)6-14)27-22(29)15-4-5-25-21(8-15)30-18-10-23-11-18/h2-9,12-13,18,23H,10-11H2,1H3,(H,26,27,29). The number of pyridine rings is 2. The van der Waals surface area contributed by atoms with Gasteiger partial charge in [0.15, 0.2) is 0 Å². The first kappa shape index (κ1) is 18.3. The number of aryl methyl sites for hydroxylation is 1. The Morgan fingerprint density at radius 1 is 1.13 bits per heavy atom. The van der Waals surface area contributed by atoms with E-state index in [1.807, 2.05) is 36.0 Å². The summed E-state index contributed by atoms with van der Waals surface area (Å²) >= 11 is 0. The highest BCUT2D eigenvalue weighted by Crippen LogP contribution is 2.25. The van der Waals surface area contributed by atoms with Crippen LogP contribution in [-0.4, -0.2) is 44.6 Å². The average Bonchev–Trinajstić information content (AvgIpc) is 3.16. The molecule has 3 aromatic heterocycles. The Labute approximate surface area is 172 Å². The number of anilines is 1. The van der Waals surface area contributed by atoms with Crippen molar-refractivity contribution in [3.63, 3.8) is 0 Å². The van der Waals surface area contributed by atoms with Crippen LogP contribution in [0.4, 0.5) is 5.82 Å². The number of hydrogen-bond donors (Lipinski definition) is 2. The molecule has 2 N–H and O–H groups in total. The summed E-state index contributed by atoms with van der Waals surface area (Å²) in [5.74, 6) is 0.669. The smallest absolute Gasteiger partial charge is 0.257 e. The van der Waals surface area contributed by atoms with Gasteiger partial charge < -0.3 is 19.9 Å². The molecule has 5 rings (SSSR count). The molecule has 30 heavy (non-hydrogen) atoms. The normalized spacial score (nSPS) is 13.8. The molecule has 0 aliphatic carbocycles. The van der Waals surface area contributed by atoms with E-state index in [0.29, 0.717) is 17.3 Å². The van der Waals surface area contributed by atoms with Crippen molar-refractivity contribution in [2.75, 3.05) is 18.4 Å². The number of fused-ring (bicyclic) bond motifs is 1. The molecular formula is C22H20N6O2. The molecule has 0 unspecified atom stereocenters. The fourth-order valence-corrected chi connectivity index (χ4v) is 3.32. The monoisotopic (exact) mass is 400 g/mol. The maximum Gasteiger partial charge on any atom is 0.257 e. The van der Waals surface area contributed by atoms with Crippen molar-refractivity contribution < 1.29 is 9.53 Å². The van der Waals surface area contributed by atoms with Crippen LogP contribution in [0.1, 0.15) is 10.4 Å². The summed E-state index contributed by atoms with van der Waals surface area (Å²) < 4.78 is 7.70. The topological polar surface area (TPSA) is 94.0 Å². The molecule has 4 aromatic rings. The number of carbonyl (C=O) groups is 1. The zero-order chi connectivity index (χ0) is 20.5. The number of hydrogen-bond acceptors (Lipinski definition) is 6. The number of rotatable bonds is 5. The summed E-state index contributed by atoms with van der Waals surface area (Å²) in [5, 5.41) is 7.97. The van der Waals surface area contributed by atoms with E-state index in [1.54, 1.807) is 30.9 Å². The molecule has 0 atom stereocenters. The van der Waals surface area contributed by atoms with Crippen LogP contribution < -0.4 is 15.4 Å². The zero-order valence-corrected chi connectivity index (χ0v) is 16.4. The van der Waals surface area contributed by atoms with Gasteiger partial charge in [-0.2, -0.15) is 0 Å². The summed E-state index contributed by atoms with van der Waals surface area (Å²) in [6.07, 6.45) is 7.03. The molecule has 0 radical (unpaired) electrons. The molecular weight excluding hydrogens is 380 g/mol. The molecule has 1 aliphatic rings. The van der Waals surface area contributed by atoms with Crippen LogP contribution in [0.3, 0.4) is 0 Å². The van der Waals surface area contributed by atoms with Crippen LogP contribution in [-0.2, 0) is 7.05 Å². The van der Waals surface area contributed by atoms with Gasteiger partial charge in [0.25, 0.3) is 5.91 Å². The van der Waals surface area contributed by atoms with Crippen LogP contribution in [0.25, 0.3) is 22.0 Å². The number of aromatic nitrogens is 4. The first-order valence-electron chi connectivity index (χ1n) is 9.67. The maximum atomic E-state index is 12.7. The van der Waals surface area contributed by atoms with Crippen LogP contribution >= 0.6 is 0 Å². The van der Waals surface area contributed by atoms with Crippen LogP contribution in [0.15, 0.2) is 61.3 Å². The number of carbonyl (C=O) groups excluding carboxylic acids is 1. The molecule has 8 heteroatoms. The third kappa shape index (κ3) is 3.60. The Morgan fingerprint density at radius 2 is 2.03 bits per heavy atom. The number of amides is 1. The van der Waals surface area contributed by atoms with E-state index in [-0.39, 0.29) is 12.0 Å². The predicted molar refractivity (Wildman–Crippen MR) is 113 cm³/mol. The van der Waals surface area contributed by atoms with E-state index in [1.165, 1.54) is 0 Å². The van der Waals surface area contributed by atoms with Crippen molar-refractivity contribution in [3.05, 3.63) is 66.9 Å². The summed E-state index contributed by atoms with van der Waals surface area (Å²) in [7, 11) is 1.96. The van der Waals surface area contributed by atoms with Crippen molar-refractivity contribution in [3.8, 4) is 17.1 Å². The summed E-state index contributed by atoms with van der Waals surface area (Å²) in [6, 6.07) is 11.3. The van der Waals surface area contributed by atoms with Gasteiger partial charge in [-0.1, -0.05) is 12.1 Å². The molecule has 1 aliphatic heterocycles. The number of nitrogens with zero attached hydrogens (tertiary/aromatic N) is 4. The lowest BCUT2D eigenvalue weighted by molar-refractivity contribution is 0.102. The Bertz CT molecular complexity index is 1230. The lowest BCUT2D eigenvalue weighted by Crippen LogP contribution is -2.50. The van der Waals surface area contributed by atoms with Crippen molar-refractivity contribution in [2.45, 2.75) is 6.10 Å². The molecule has 150 valence electrons. The van der Waals surface area contributed by atoms with Crippen molar-refractivity contribution in [2.24, 2.45) is 7.05 Å². The van der Waals surface area contributed by atoms with Gasteiger partial charge in [0, 0.05) is 55.1 Å². The Balaban J connectivity index is 1.37. The minimum atomic E-state index is -0.261. The van der Waals surface area contributed by atoms with E-state index in [2.05, 4.69) is 31.7 Å². The third-order valence-corrected chi connectivity index (χ3v) is 5.10. The SMILES string of the molecule is Cn1cncc1-c1ccc2cnc(NC(=O)c3ccnc(OC4CNC4)c3)cc2c1. The largest absolute Gasteiger partial charge is 0.472 e. The number of nitrogens with one attached hydrogen (secondary N) is 2. The average molecular weight is 400 g/mol. The summed E-state index contributed by atoms with van der Waals surface area (Å²) in [4.78, 5) is 25.4. The van der Waals surface area contributed by atoms with Gasteiger partial charge in [0.2, 0.25) is 5.88 Å². The number of imidazole rings is 1. The predicted octanol–water partition coefficient (Wildman–Crippen LogP) is 2.63. The van der Waals surface area contributed by atoms with E-state index in [9.17, 15) is 4.79 Å². The summed E-state index contributed by atoms with van der Waals surface area (Å²) in [5.41, 5.74) is 2.54. The Kier molecular flexibility index (Phi) is 4.61. The Morgan fingerprint density at radius 3 is 2.80 bits per heavy atom. The van der Waals surface area contributed by atoms with Gasteiger partial charge >= 0.3 is 0 Å². The maximum absolute atomic E-state index is 12.7. The highest BCUT2D eigenvalue weighted by molar-refractivity contribution is 6.04. The second-order valence-electron chi connectivity index (χ2n) is 7.26. The van der Waals surface area contributed by atoms with Gasteiger partial charge in [-0.05, 0) is 23.6 Å². The lowest BCUT2D eigenvalue weighted by atomic mass is 10.1. The number of ether oxygens (including phenoxy) is 1. The molecule has 1 aromatic carbocycles.